The Morgan fingerprint density at radius 1 is 1.00 bits per heavy atom. The summed E-state index contributed by atoms with van der Waals surface area (Å²) in [6, 6.07) is 4.94. The van der Waals surface area contributed by atoms with Crippen molar-refractivity contribution in [2.45, 2.75) is 44.6 Å². The molecule has 19 heavy (non-hydrogen) atoms. The molecule has 106 valence electrons. The van der Waals surface area contributed by atoms with Gasteiger partial charge >= 0.3 is 0 Å². The summed E-state index contributed by atoms with van der Waals surface area (Å²) in [5, 5.41) is 3.38. The predicted octanol–water partition coefficient (Wildman–Crippen LogP) is 3.26. The molecule has 1 fully saturated rings. The van der Waals surface area contributed by atoms with E-state index < -0.39 is 0 Å². The van der Waals surface area contributed by atoms with Crippen LogP contribution in [-0.2, 0) is 0 Å². The lowest BCUT2D eigenvalue weighted by molar-refractivity contribution is 0.343. The minimum atomic E-state index is 0.592. The van der Waals surface area contributed by atoms with Gasteiger partial charge in [-0.25, -0.2) is 0 Å². The van der Waals surface area contributed by atoms with Crippen molar-refractivity contribution in [2.24, 2.45) is 0 Å². The molecule has 1 saturated carbocycles. The second-order valence-corrected chi connectivity index (χ2v) is 5.40. The van der Waals surface area contributed by atoms with E-state index in [9.17, 15) is 0 Å². The Bertz CT molecular complexity index is 423. The van der Waals surface area contributed by atoms with E-state index in [1.54, 1.807) is 14.2 Å². The van der Waals surface area contributed by atoms with Crippen molar-refractivity contribution < 1.29 is 9.47 Å². The number of hydrogen-bond acceptors (Lipinski definition) is 3. The predicted molar refractivity (Wildman–Crippen MR) is 78.3 cm³/mol. The highest BCUT2D eigenvalue weighted by atomic mass is 16.5. The van der Waals surface area contributed by atoms with Crippen molar-refractivity contribution >= 4 is 0 Å². The summed E-state index contributed by atoms with van der Waals surface area (Å²) < 4.78 is 11.0. The minimum Gasteiger partial charge on any atom is -0.496 e. The van der Waals surface area contributed by atoms with Crippen LogP contribution in [0.4, 0.5) is 0 Å². The van der Waals surface area contributed by atoms with Gasteiger partial charge in [0.25, 0.3) is 0 Å². The topological polar surface area (TPSA) is 30.5 Å². The number of benzene rings is 1. The van der Waals surface area contributed by atoms with Crippen LogP contribution in [0.15, 0.2) is 12.1 Å². The molecule has 0 bridgehead atoms. The fourth-order valence-corrected chi connectivity index (χ4v) is 3.09. The van der Waals surface area contributed by atoms with Crippen LogP contribution in [0.2, 0.25) is 0 Å². The first-order chi connectivity index (χ1) is 9.19. The first-order valence-corrected chi connectivity index (χ1v) is 7.09. The SMILES string of the molecule is CNC1CCC(c2cc(OC)c(C)cc2OC)CC1. The molecule has 3 nitrogen and oxygen atoms in total. The summed E-state index contributed by atoms with van der Waals surface area (Å²) in [5.41, 5.74) is 2.44. The Morgan fingerprint density at radius 2 is 1.63 bits per heavy atom. The van der Waals surface area contributed by atoms with Gasteiger partial charge in [0.1, 0.15) is 11.5 Å². The van der Waals surface area contributed by atoms with Gasteiger partial charge < -0.3 is 14.8 Å². The maximum atomic E-state index is 5.56. The molecule has 1 aliphatic rings. The van der Waals surface area contributed by atoms with Crippen LogP contribution in [0.3, 0.4) is 0 Å². The largest absolute Gasteiger partial charge is 0.496 e. The summed E-state index contributed by atoms with van der Waals surface area (Å²) in [6.07, 6.45) is 4.91. The molecule has 2 rings (SSSR count). The third-order valence-corrected chi connectivity index (χ3v) is 4.32. The summed E-state index contributed by atoms with van der Waals surface area (Å²) in [5.74, 6) is 2.56. The van der Waals surface area contributed by atoms with Crippen molar-refractivity contribution in [1.29, 1.82) is 0 Å². The molecule has 0 atom stereocenters. The van der Waals surface area contributed by atoms with Crippen LogP contribution in [-0.4, -0.2) is 27.3 Å². The van der Waals surface area contributed by atoms with Gasteiger partial charge in [0.15, 0.2) is 0 Å². The Morgan fingerprint density at radius 3 is 2.16 bits per heavy atom. The van der Waals surface area contributed by atoms with Crippen LogP contribution in [0.5, 0.6) is 11.5 Å². The van der Waals surface area contributed by atoms with E-state index >= 15 is 0 Å². The van der Waals surface area contributed by atoms with Gasteiger partial charge in [-0.05, 0) is 63.3 Å². The van der Waals surface area contributed by atoms with Gasteiger partial charge in [-0.15, -0.1) is 0 Å². The molecule has 0 unspecified atom stereocenters. The Balaban J connectivity index is 2.23. The zero-order valence-corrected chi connectivity index (χ0v) is 12.5. The smallest absolute Gasteiger partial charge is 0.122 e. The van der Waals surface area contributed by atoms with Crippen LogP contribution in [0.1, 0.15) is 42.7 Å². The van der Waals surface area contributed by atoms with Crippen LogP contribution in [0, 0.1) is 6.92 Å². The summed E-state index contributed by atoms with van der Waals surface area (Å²) in [6.45, 7) is 2.06. The van der Waals surface area contributed by atoms with Crippen LogP contribution < -0.4 is 14.8 Å². The van der Waals surface area contributed by atoms with Crippen molar-refractivity contribution in [3.63, 3.8) is 0 Å². The first kappa shape index (κ1) is 14.2. The lowest BCUT2D eigenvalue weighted by Gasteiger charge is -2.29. The van der Waals surface area contributed by atoms with E-state index in [1.165, 1.54) is 31.2 Å². The summed E-state index contributed by atoms with van der Waals surface area (Å²) >= 11 is 0. The number of aryl methyl sites for hydroxylation is 1. The second kappa shape index (κ2) is 6.29. The van der Waals surface area contributed by atoms with E-state index in [4.69, 9.17) is 9.47 Å². The fraction of sp³-hybridized carbons (Fsp3) is 0.625. The molecule has 0 aromatic heterocycles. The highest BCUT2D eigenvalue weighted by Gasteiger charge is 2.24. The van der Waals surface area contributed by atoms with Gasteiger partial charge in [0.2, 0.25) is 0 Å². The molecule has 3 heteroatoms. The molecule has 0 saturated heterocycles. The maximum absolute atomic E-state index is 5.56. The first-order valence-electron chi connectivity index (χ1n) is 7.09. The lowest BCUT2D eigenvalue weighted by atomic mass is 9.81. The maximum Gasteiger partial charge on any atom is 0.122 e. The normalized spacial score (nSPS) is 23.2. The highest BCUT2D eigenvalue weighted by molar-refractivity contribution is 5.47. The third-order valence-electron chi connectivity index (χ3n) is 4.32. The van der Waals surface area contributed by atoms with Gasteiger partial charge in [0.05, 0.1) is 14.2 Å². The number of ether oxygens (including phenoxy) is 2. The van der Waals surface area contributed by atoms with E-state index in [2.05, 4.69) is 31.4 Å². The molecule has 0 radical (unpaired) electrons. The molecule has 1 aromatic carbocycles. The molecule has 0 heterocycles. The molecule has 0 aliphatic heterocycles. The number of rotatable bonds is 4. The number of hydrogen-bond donors (Lipinski definition) is 1. The zero-order chi connectivity index (χ0) is 13.8. The zero-order valence-electron chi connectivity index (χ0n) is 12.5. The molecular weight excluding hydrogens is 238 g/mol. The average molecular weight is 263 g/mol. The van der Waals surface area contributed by atoms with E-state index in [1.807, 2.05) is 0 Å². The Labute approximate surface area is 116 Å². The van der Waals surface area contributed by atoms with Gasteiger partial charge in [-0.1, -0.05) is 0 Å². The van der Waals surface area contributed by atoms with Gasteiger partial charge in [0, 0.05) is 11.6 Å². The van der Waals surface area contributed by atoms with Gasteiger partial charge in [-0.2, -0.15) is 0 Å². The number of nitrogens with one attached hydrogen (secondary N) is 1. The van der Waals surface area contributed by atoms with Crippen molar-refractivity contribution in [3.05, 3.63) is 23.3 Å². The Hall–Kier alpha value is -1.22. The van der Waals surface area contributed by atoms with Crippen LogP contribution in [0.25, 0.3) is 0 Å². The van der Waals surface area contributed by atoms with E-state index in [0.29, 0.717) is 12.0 Å². The van der Waals surface area contributed by atoms with Crippen molar-refractivity contribution in [2.75, 3.05) is 21.3 Å². The molecule has 1 aromatic rings. The summed E-state index contributed by atoms with van der Waals surface area (Å²) in [4.78, 5) is 0. The lowest BCUT2D eigenvalue weighted by Crippen LogP contribution is -2.29. The average Bonchev–Trinajstić information content (AvgIpc) is 2.47. The van der Waals surface area contributed by atoms with Crippen LogP contribution >= 0.6 is 0 Å². The third kappa shape index (κ3) is 3.03. The molecule has 0 amide bonds. The fourth-order valence-electron chi connectivity index (χ4n) is 3.09. The quantitative estimate of drug-likeness (QED) is 0.904. The van der Waals surface area contributed by atoms with E-state index in [0.717, 1.165) is 17.1 Å². The Kier molecular flexibility index (Phi) is 4.70. The molecule has 1 N–H and O–H groups in total. The van der Waals surface area contributed by atoms with Gasteiger partial charge in [-0.3, -0.25) is 0 Å². The minimum absolute atomic E-state index is 0.592. The number of methoxy groups -OCH3 is 2. The van der Waals surface area contributed by atoms with E-state index in [-0.39, 0.29) is 0 Å². The standard InChI is InChI=1S/C16H25NO2/c1-11-9-16(19-4)14(10-15(11)18-3)12-5-7-13(17-2)8-6-12/h9-10,12-13,17H,5-8H2,1-4H3. The highest BCUT2D eigenvalue weighted by Crippen LogP contribution is 2.40. The second-order valence-electron chi connectivity index (χ2n) is 5.40. The van der Waals surface area contributed by atoms with Crippen molar-refractivity contribution in [1.82, 2.24) is 5.32 Å². The molecular formula is C16H25NO2. The monoisotopic (exact) mass is 263 g/mol. The molecule has 0 spiro atoms. The summed E-state index contributed by atoms with van der Waals surface area (Å²) in [7, 11) is 5.54. The molecule has 1 aliphatic carbocycles. The van der Waals surface area contributed by atoms with Crippen molar-refractivity contribution in [3.8, 4) is 11.5 Å².